The second-order valence-electron chi connectivity index (χ2n) is 5.06. The number of ketones is 1. The van der Waals surface area contributed by atoms with Gasteiger partial charge in [0.1, 0.15) is 0 Å². The molecule has 3 nitrogen and oxygen atoms in total. The van der Waals surface area contributed by atoms with Crippen LogP contribution < -0.4 is 0 Å². The molecule has 0 bridgehead atoms. The lowest BCUT2D eigenvalue weighted by atomic mass is 9.99. The van der Waals surface area contributed by atoms with Crippen molar-refractivity contribution < 1.29 is 14.3 Å². The Morgan fingerprint density at radius 3 is 2.30 bits per heavy atom. The number of benzene rings is 2. The van der Waals surface area contributed by atoms with E-state index < -0.39 is 0 Å². The molecule has 3 heteroatoms. The van der Waals surface area contributed by atoms with E-state index in [1.807, 2.05) is 18.2 Å². The van der Waals surface area contributed by atoms with Crippen molar-refractivity contribution in [1.29, 1.82) is 0 Å². The third kappa shape index (κ3) is 1.83. The average Bonchev–Trinajstić information content (AvgIpc) is 2.72. The summed E-state index contributed by atoms with van der Waals surface area (Å²) in [6.07, 6.45) is -0.189. The summed E-state index contributed by atoms with van der Waals surface area (Å²) in [5.74, 6) is -0.420. The van der Waals surface area contributed by atoms with Crippen LogP contribution in [0.5, 0.6) is 0 Å². The molecule has 0 radical (unpaired) electrons. The van der Waals surface area contributed by atoms with Gasteiger partial charge in [-0.25, -0.2) is 4.79 Å². The van der Waals surface area contributed by atoms with Crippen molar-refractivity contribution in [3.63, 3.8) is 0 Å². The average molecular weight is 266 g/mol. The van der Waals surface area contributed by atoms with E-state index in [1.54, 1.807) is 38.1 Å². The van der Waals surface area contributed by atoms with Crippen molar-refractivity contribution in [2.45, 2.75) is 20.0 Å². The fraction of sp³-hybridized carbons (Fsp3) is 0.176. The number of hydrogen-bond donors (Lipinski definition) is 0. The second-order valence-corrected chi connectivity index (χ2v) is 5.06. The lowest BCUT2D eigenvalue weighted by Gasteiger charge is -2.11. The van der Waals surface area contributed by atoms with Crippen molar-refractivity contribution >= 4 is 11.8 Å². The third-order valence-corrected chi connectivity index (χ3v) is 3.31. The van der Waals surface area contributed by atoms with E-state index in [9.17, 15) is 9.59 Å². The van der Waals surface area contributed by atoms with Gasteiger partial charge in [-0.3, -0.25) is 4.79 Å². The van der Waals surface area contributed by atoms with Gasteiger partial charge in [0.05, 0.1) is 11.7 Å². The molecule has 1 aliphatic carbocycles. The van der Waals surface area contributed by atoms with Crippen molar-refractivity contribution in [3.05, 3.63) is 59.2 Å². The Balaban J connectivity index is 2.20. The third-order valence-electron chi connectivity index (χ3n) is 3.31. The number of carbonyl (C=O) groups is 2. The summed E-state index contributed by atoms with van der Waals surface area (Å²) in [5, 5.41) is 0. The molecule has 20 heavy (non-hydrogen) atoms. The number of carbonyl (C=O) groups excluding carboxylic acids is 2. The normalized spacial score (nSPS) is 12.2. The van der Waals surface area contributed by atoms with Crippen molar-refractivity contribution in [2.24, 2.45) is 0 Å². The van der Waals surface area contributed by atoms with E-state index in [-0.39, 0.29) is 17.9 Å². The van der Waals surface area contributed by atoms with Gasteiger partial charge in [-0.15, -0.1) is 0 Å². The summed E-state index contributed by atoms with van der Waals surface area (Å²) < 4.78 is 5.26. The fourth-order valence-electron chi connectivity index (χ4n) is 2.52. The van der Waals surface area contributed by atoms with Crippen molar-refractivity contribution in [2.75, 3.05) is 0 Å². The van der Waals surface area contributed by atoms with E-state index in [0.29, 0.717) is 22.3 Å². The maximum Gasteiger partial charge on any atom is 0.339 e. The maximum atomic E-state index is 12.3. The van der Waals surface area contributed by atoms with E-state index in [0.717, 1.165) is 5.56 Å². The Kier molecular flexibility index (Phi) is 2.90. The molecule has 0 heterocycles. The molecule has 0 saturated heterocycles. The quantitative estimate of drug-likeness (QED) is 0.667. The highest BCUT2D eigenvalue weighted by atomic mass is 16.5. The molecule has 0 N–H and O–H groups in total. The minimum Gasteiger partial charge on any atom is -0.459 e. The van der Waals surface area contributed by atoms with Crippen LogP contribution in [0.3, 0.4) is 0 Å². The van der Waals surface area contributed by atoms with Crippen LogP contribution in [0.1, 0.15) is 40.1 Å². The summed E-state index contributed by atoms with van der Waals surface area (Å²) in [5.41, 5.74) is 3.17. The molecule has 0 aromatic heterocycles. The molecular formula is C17H14O3. The maximum absolute atomic E-state index is 12.3. The van der Waals surface area contributed by atoms with E-state index in [1.165, 1.54) is 0 Å². The summed E-state index contributed by atoms with van der Waals surface area (Å²) >= 11 is 0. The van der Waals surface area contributed by atoms with Gasteiger partial charge in [0.25, 0.3) is 0 Å². The molecule has 0 saturated carbocycles. The molecule has 2 aromatic rings. The summed E-state index contributed by atoms with van der Waals surface area (Å²) in [7, 11) is 0. The highest BCUT2D eigenvalue weighted by molar-refractivity contribution is 6.24. The lowest BCUT2D eigenvalue weighted by molar-refractivity contribution is 0.0379. The van der Waals surface area contributed by atoms with Gasteiger partial charge in [-0.05, 0) is 25.5 Å². The number of esters is 1. The van der Waals surface area contributed by atoms with Crippen LogP contribution in [0, 0.1) is 0 Å². The highest BCUT2D eigenvalue weighted by Gasteiger charge is 2.30. The minimum absolute atomic E-state index is 0.0326. The Bertz CT molecular complexity index is 714. The first-order chi connectivity index (χ1) is 9.59. The zero-order chi connectivity index (χ0) is 14.3. The first-order valence-electron chi connectivity index (χ1n) is 6.57. The summed E-state index contributed by atoms with van der Waals surface area (Å²) in [6, 6.07) is 12.5. The number of ether oxygens (including phenoxy) is 1. The van der Waals surface area contributed by atoms with Crippen LogP contribution in [0.15, 0.2) is 42.5 Å². The SMILES string of the molecule is CC(C)OC(=O)c1cccc2c1-c1ccccc1C2=O. The van der Waals surface area contributed by atoms with Crippen LogP contribution in [0.25, 0.3) is 11.1 Å². The topological polar surface area (TPSA) is 43.4 Å². The highest BCUT2D eigenvalue weighted by Crippen LogP contribution is 2.38. The van der Waals surface area contributed by atoms with Crippen molar-refractivity contribution in [1.82, 2.24) is 0 Å². The van der Waals surface area contributed by atoms with E-state index in [4.69, 9.17) is 4.74 Å². The first kappa shape index (κ1) is 12.6. The molecule has 0 unspecified atom stereocenters. The van der Waals surface area contributed by atoms with Gasteiger partial charge in [0.2, 0.25) is 0 Å². The molecule has 100 valence electrons. The van der Waals surface area contributed by atoms with Gasteiger partial charge in [0.15, 0.2) is 5.78 Å². The van der Waals surface area contributed by atoms with Crippen molar-refractivity contribution in [3.8, 4) is 11.1 Å². The van der Waals surface area contributed by atoms with E-state index in [2.05, 4.69) is 0 Å². The van der Waals surface area contributed by atoms with Crippen LogP contribution in [0.2, 0.25) is 0 Å². The van der Waals surface area contributed by atoms with Crippen LogP contribution in [-0.2, 0) is 4.74 Å². The van der Waals surface area contributed by atoms with Gasteiger partial charge in [-0.2, -0.15) is 0 Å². The molecule has 0 spiro atoms. The van der Waals surface area contributed by atoms with E-state index >= 15 is 0 Å². The zero-order valence-corrected chi connectivity index (χ0v) is 11.3. The molecule has 0 amide bonds. The molecule has 3 rings (SSSR count). The smallest absolute Gasteiger partial charge is 0.339 e. The van der Waals surface area contributed by atoms with Crippen LogP contribution in [-0.4, -0.2) is 17.9 Å². The molecule has 1 aliphatic rings. The predicted molar refractivity (Wildman–Crippen MR) is 75.9 cm³/mol. The number of rotatable bonds is 2. The Morgan fingerprint density at radius 1 is 0.950 bits per heavy atom. The fourth-order valence-corrected chi connectivity index (χ4v) is 2.52. The van der Waals surface area contributed by atoms with Gasteiger partial charge in [0, 0.05) is 16.7 Å². The van der Waals surface area contributed by atoms with Crippen LogP contribution in [0.4, 0.5) is 0 Å². The van der Waals surface area contributed by atoms with Gasteiger partial charge < -0.3 is 4.74 Å². The monoisotopic (exact) mass is 266 g/mol. The first-order valence-corrected chi connectivity index (χ1v) is 6.57. The Hall–Kier alpha value is -2.42. The zero-order valence-electron chi connectivity index (χ0n) is 11.3. The largest absolute Gasteiger partial charge is 0.459 e. The number of hydrogen-bond acceptors (Lipinski definition) is 3. The minimum atomic E-state index is -0.388. The predicted octanol–water partition coefficient (Wildman–Crippen LogP) is 3.46. The molecule has 0 atom stereocenters. The molecule has 2 aromatic carbocycles. The summed E-state index contributed by atoms with van der Waals surface area (Å²) in [4.78, 5) is 24.5. The van der Waals surface area contributed by atoms with Gasteiger partial charge >= 0.3 is 5.97 Å². The number of fused-ring (bicyclic) bond motifs is 3. The Labute approximate surface area is 117 Å². The second kappa shape index (κ2) is 4.60. The molecule has 0 aliphatic heterocycles. The van der Waals surface area contributed by atoms with Gasteiger partial charge in [-0.1, -0.05) is 36.4 Å². The standard InChI is InChI=1S/C17H14O3/c1-10(2)20-17(19)14-9-5-8-13-15(14)11-6-3-4-7-12(11)16(13)18/h3-10H,1-2H3. The van der Waals surface area contributed by atoms with Crippen LogP contribution >= 0.6 is 0 Å². The Morgan fingerprint density at radius 2 is 1.60 bits per heavy atom. The molecule has 0 fully saturated rings. The lowest BCUT2D eigenvalue weighted by Crippen LogP contribution is -2.12. The molecular weight excluding hydrogens is 252 g/mol. The summed E-state index contributed by atoms with van der Waals surface area (Å²) in [6.45, 7) is 3.61.